The molecule has 1 unspecified atom stereocenters. The summed E-state index contributed by atoms with van der Waals surface area (Å²) in [5.41, 5.74) is 4.60. The monoisotopic (exact) mass is 528 g/mol. The molecule has 162 valence electrons. The summed E-state index contributed by atoms with van der Waals surface area (Å²) < 4.78 is 2.23. The second-order valence-corrected chi connectivity index (χ2v) is 10.1. The molecule has 8 nitrogen and oxygen atoms in total. The first-order valence-corrected chi connectivity index (χ1v) is 12.4. The zero-order chi connectivity index (χ0) is 22.2. The topological polar surface area (TPSA) is 93.0 Å². The van der Waals surface area contributed by atoms with Crippen LogP contribution in [-0.4, -0.2) is 31.5 Å². The number of nitrogens with zero attached hydrogens (tertiary/aromatic N) is 5. The summed E-state index contributed by atoms with van der Waals surface area (Å²) in [4.78, 5) is 31.7. The van der Waals surface area contributed by atoms with Gasteiger partial charge in [-0.2, -0.15) is 0 Å². The minimum absolute atomic E-state index is 0.0101. The number of hydrogen-bond acceptors (Lipinski definition) is 8. The van der Waals surface area contributed by atoms with Gasteiger partial charge in [-0.15, -0.1) is 22.0 Å². The van der Waals surface area contributed by atoms with Crippen LogP contribution in [0.1, 0.15) is 21.8 Å². The van der Waals surface area contributed by atoms with Crippen molar-refractivity contribution in [1.82, 2.24) is 19.9 Å². The van der Waals surface area contributed by atoms with Crippen molar-refractivity contribution in [1.29, 1.82) is 0 Å². The molecule has 0 aliphatic carbocycles. The largest absolute Gasteiger partial charge is 0.315 e. The van der Waals surface area contributed by atoms with E-state index in [1.807, 2.05) is 42.5 Å². The van der Waals surface area contributed by atoms with Crippen LogP contribution in [-0.2, 0) is 11.3 Å². The average Bonchev–Trinajstić information content (AvgIpc) is 3.41. The van der Waals surface area contributed by atoms with E-state index >= 15 is 0 Å². The Balaban J connectivity index is 1.38. The number of hydrogen-bond donors (Lipinski definition) is 1. The maximum atomic E-state index is 12.9. The van der Waals surface area contributed by atoms with Crippen LogP contribution < -0.4 is 15.9 Å². The van der Waals surface area contributed by atoms with Crippen LogP contribution in [0.5, 0.6) is 0 Å². The van der Waals surface area contributed by atoms with E-state index in [0.717, 1.165) is 10.0 Å². The molecule has 4 aromatic rings. The molecule has 3 heterocycles. The zero-order valence-corrected chi connectivity index (χ0v) is 20.1. The number of aryl methyl sites for hydroxylation is 1. The van der Waals surface area contributed by atoms with Gasteiger partial charge in [-0.3, -0.25) is 14.5 Å². The Labute approximate surface area is 199 Å². The Hall–Kier alpha value is -2.76. The van der Waals surface area contributed by atoms with Crippen LogP contribution in [0.3, 0.4) is 0 Å². The number of halogens is 1. The standard InChI is InChI=1S/C21H17BrN6O2S2/c1-12-24-16-8-7-14(22)9-15(16)19(30)28(12)23-10-17-25-26-21(32-17)27-18(29)11-31-20(27)13-5-3-2-4-6-13/h2-9,20,23H,10-11H2,1H3. The number of nitrogens with one attached hydrogen (secondary N) is 1. The molecule has 2 aromatic carbocycles. The van der Waals surface area contributed by atoms with Gasteiger partial charge in [0.05, 0.1) is 23.2 Å². The van der Waals surface area contributed by atoms with Crippen molar-refractivity contribution in [2.45, 2.75) is 18.8 Å². The lowest BCUT2D eigenvalue weighted by Gasteiger charge is -2.20. The molecule has 1 fully saturated rings. The number of fused-ring (bicyclic) bond motifs is 1. The van der Waals surface area contributed by atoms with Gasteiger partial charge in [0.15, 0.2) is 0 Å². The van der Waals surface area contributed by atoms with Gasteiger partial charge in [-0.1, -0.05) is 57.6 Å². The second-order valence-electron chi connectivity index (χ2n) is 7.11. The Morgan fingerprint density at radius 1 is 1.16 bits per heavy atom. The fourth-order valence-electron chi connectivity index (χ4n) is 3.51. The molecule has 32 heavy (non-hydrogen) atoms. The fourth-order valence-corrected chi connectivity index (χ4v) is 5.91. The number of carbonyl (C=O) groups is 1. The van der Waals surface area contributed by atoms with E-state index in [2.05, 4.69) is 36.5 Å². The number of rotatable bonds is 5. The van der Waals surface area contributed by atoms with Gasteiger partial charge in [-0.25, -0.2) is 9.66 Å². The van der Waals surface area contributed by atoms with Crippen LogP contribution in [0.4, 0.5) is 5.13 Å². The number of thioether (sulfide) groups is 1. The molecule has 1 aliphatic rings. The van der Waals surface area contributed by atoms with E-state index in [0.29, 0.717) is 32.6 Å². The lowest BCUT2D eigenvalue weighted by Crippen LogP contribution is -2.31. The van der Waals surface area contributed by atoms with Crippen molar-refractivity contribution in [3.63, 3.8) is 0 Å². The predicted molar refractivity (Wildman–Crippen MR) is 131 cm³/mol. The van der Waals surface area contributed by atoms with E-state index in [-0.39, 0.29) is 23.4 Å². The van der Waals surface area contributed by atoms with E-state index in [1.165, 1.54) is 16.0 Å². The molecule has 0 bridgehead atoms. The molecule has 1 N–H and O–H groups in total. The highest BCUT2D eigenvalue weighted by molar-refractivity contribution is 9.10. The van der Waals surface area contributed by atoms with Crippen molar-refractivity contribution < 1.29 is 4.79 Å². The first kappa shape index (κ1) is 21.1. The molecule has 1 aliphatic heterocycles. The van der Waals surface area contributed by atoms with Gasteiger partial charge in [0.25, 0.3) is 5.56 Å². The molecule has 0 saturated carbocycles. The summed E-state index contributed by atoms with van der Waals surface area (Å²) in [5.74, 6) is 0.959. The quantitative estimate of drug-likeness (QED) is 0.420. The van der Waals surface area contributed by atoms with E-state index in [4.69, 9.17) is 0 Å². The van der Waals surface area contributed by atoms with Gasteiger partial charge < -0.3 is 5.43 Å². The fraction of sp³-hybridized carbons (Fsp3) is 0.190. The third-order valence-corrected chi connectivity index (χ3v) is 7.63. The Kier molecular flexibility index (Phi) is 5.70. The van der Waals surface area contributed by atoms with Crippen LogP contribution in [0, 0.1) is 6.92 Å². The molecule has 1 amide bonds. The second kappa shape index (κ2) is 8.64. The highest BCUT2D eigenvalue weighted by atomic mass is 79.9. The van der Waals surface area contributed by atoms with E-state index < -0.39 is 0 Å². The summed E-state index contributed by atoms with van der Waals surface area (Å²) in [6.45, 7) is 2.05. The SMILES string of the molecule is Cc1nc2ccc(Br)cc2c(=O)n1NCc1nnc(N2C(=O)CSC2c2ccccc2)s1. The normalized spacial score (nSPS) is 16.1. The van der Waals surface area contributed by atoms with Crippen LogP contribution in [0.2, 0.25) is 0 Å². The third-order valence-electron chi connectivity index (χ3n) is 5.00. The minimum Gasteiger partial charge on any atom is -0.315 e. The molecule has 0 radical (unpaired) electrons. The smallest absolute Gasteiger partial charge is 0.279 e. The number of benzene rings is 2. The predicted octanol–water partition coefficient (Wildman–Crippen LogP) is 3.84. The summed E-state index contributed by atoms with van der Waals surface area (Å²) >= 11 is 6.31. The van der Waals surface area contributed by atoms with Crippen molar-refractivity contribution in [3.05, 3.63) is 79.8 Å². The van der Waals surface area contributed by atoms with Crippen LogP contribution in [0.25, 0.3) is 10.9 Å². The molecular formula is C21H17BrN6O2S2. The number of carbonyl (C=O) groups excluding carboxylic acids is 1. The Morgan fingerprint density at radius 3 is 2.78 bits per heavy atom. The van der Waals surface area contributed by atoms with Gasteiger partial charge in [0.1, 0.15) is 16.2 Å². The summed E-state index contributed by atoms with van der Waals surface area (Å²) in [5, 5.41) is 10.1. The Morgan fingerprint density at radius 2 is 1.97 bits per heavy atom. The molecule has 5 rings (SSSR count). The molecule has 11 heteroatoms. The molecule has 1 saturated heterocycles. The third kappa shape index (κ3) is 3.91. The first-order chi connectivity index (χ1) is 15.5. The van der Waals surface area contributed by atoms with Gasteiger partial charge in [-0.05, 0) is 30.7 Å². The maximum Gasteiger partial charge on any atom is 0.279 e. The van der Waals surface area contributed by atoms with Gasteiger partial charge in [0.2, 0.25) is 11.0 Å². The lowest BCUT2D eigenvalue weighted by molar-refractivity contribution is -0.115. The summed E-state index contributed by atoms with van der Waals surface area (Å²) in [6, 6.07) is 15.3. The number of aromatic nitrogens is 4. The molecule has 0 spiro atoms. The summed E-state index contributed by atoms with van der Waals surface area (Å²) in [7, 11) is 0. The highest BCUT2D eigenvalue weighted by Gasteiger charge is 2.36. The summed E-state index contributed by atoms with van der Waals surface area (Å²) in [6.07, 6.45) is 0. The van der Waals surface area contributed by atoms with Crippen molar-refractivity contribution in [2.24, 2.45) is 0 Å². The molecule has 2 aromatic heterocycles. The van der Waals surface area contributed by atoms with E-state index in [9.17, 15) is 9.59 Å². The van der Waals surface area contributed by atoms with Crippen LogP contribution in [0.15, 0.2) is 57.8 Å². The zero-order valence-electron chi connectivity index (χ0n) is 16.9. The van der Waals surface area contributed by atoms with Crippen molar-refractivity contribution in [2.75, 3.05) is 16.1 Å². The van der Waals surface area contributed by atoms with Gasteiger partial charge >= 0.3 is 0 Å². The molecule has 1 atom stereocenters. The first-order valence-electron chi connectivity index (χ1n) is 9.75. The highest BCUT2D eigenvalue weighted by Crippen LogP contribution is 2.42. The molecular weight excluding hydrogens is 512 g/mol. The number of amides is 1. The van der Waals surface area contributed by atoms with E-state index in [1.54, 1.807) is 29.7 Å². The van der Waals surface area contributed by atoms with Crippen molar-refractivity contribution in [3.8, 4) is 0 Å². The number of anilines is 1. The van der Waals surface area contributed by atoms with Crippen molar-refractivity contribution >= 4 is 61.0 Å². The minimum atomic E-state index is -0.186. The average molecular weight is 529 g/mol. The maximum absolute atomic E-state index is 12.9. The van der Waals surface area contributed by atoms with Crippen LogP contribution >= 0.6 is 39.0 Å². The van der Waals surface area contributed by atoms with Gasteiger partial charge in [0, 0.05) is 4.47 Å². The lowest BCUT2D eigenvalue weighted by atomic mass is 10.2. The Bertz CT molecular complexity index is 1370.